The van der Waals surface area contributed by atoms with Gasteiger partial charge in [0.15, 0.2) is 0 Å². The van der Waals surface area contributed by atoms with Crippen molar-refractivity contribution < 1.29 is 18.3 Å². The molecule has 5 aromatic rings. The maximum absolute atomic E-state index is 14.9. The van der Waals surface area contributed by atoms with Crippen LogP contribution in [0.2, 0.25) is 0 Å². The first-order chi connectivity index (χ1) is 18.7. The number of imidazole rings is 1. The van der Waals surface area contributed by atoms with E-state index in [1.165, 1.54) is 48.0 Å². The predicted molar refractivity (Wildman–Crippen MR) is 150 cm³/mol. The zero-order valence-corrected chi connectivity index (χ0v) is 22.0. The van der Waals surface area contributed by atoms with Crippen LogP contribution in [-0.4, -0.2) is 15.5 Å². The van der Waals surface area contributed by atoms with Crippen LogP contribution in [0.5, 0.6) is 0 Å². The van der Waals surface area contributed by atoms with Crippen molar-refractivity contribution in [3.05, 3.63) is 137 Å². The fourth-order valence-electron chi connectivity index (χ4n) is 4.39. The summed E-state index contributed by atoms with van der Waals surface area (Å²) in [5.74, 6) is -1.83. The van der Waals surface area contributed by atoms with E-state index >= 15 is 0 Å². The van der Waals surface area contributed by atoms with Crippen LogP contribution in [0.4, 0.5) is 8.78 Å². The Bertz CT molecular complexity index is 1680. The van der Waals surface area contributed by atoms with Gasteiger partial charge in [0.2, 0.25) is 0 Å². The van der Waals surface area contributed by atoms with Crippen molar-refractivity contribution in [1.82, 2.24) is 9.55 Å². The highest BCUT2D eigenvalue weighted by Gasteiger charge is 2.20. The second kappa shape index (κ2) is 10.7. The number of fused-ring (bicyclic) bond motifs is 1. The zero-order valence-electron chi connectivity index (χ0n) is 22.0. The lowest BCUT2D eigenvalue weighted by Gasteiger charge is -2.19. The topological polar surface area (TPSA) is 44.1 Å². The average Bonchev–Trinajstić information content (AvgIpc) is 3.25. The molecule has 4 nitrogen and oxygen atoms in total. The van der Waals surface area contributed by atoms with E-state index in [0.717, 1.165) is 16.6 Å². The minimum atomic E-state index is -0.928. The number of benzene rings is 4. The quantitative estimate of drug-likeness (QED) is 0.168. The molecule has 0 spiro atoms. The molecular weight excluding hydrogens is 494 g/mol. The van der Waals surface area contributed by atoms with Gasteiger partial charge < -0.3 is 9.30 Å². The molecule has 0 aliphatic heterocycles. The summed E-state index contributed by atoms with van der Waals surface area (Å²) < 4.78 is 36.9. The third kappa shape index (κ3) is 5.65. The molecule has 39 heavy (non-hydrogen) atoms. The number of ether oxygens (including phenoxy) is 1. The Balaban J connectivity index is 1.60. The first kappa shape index (κ1) is 26.0. The van der Waals surface area contributed by atoms with Crippen molar-refractivity contribution in [1.29, 1.82) is 0 Å². The maximum Gasteiger partial charge on any atom is 0.346 e. The number of rotatable bonds is 6. The Hall–Kier alpha value is -4.58. The first-order valence-corrected chi connectivity index (χ1v) is 12.7. The number of hydrogen-bond donors (Lipinski definition) is 0. The van der Waals surface area contributed by atoms with Crippen LogP contribution in [0, 0.1) is 11.6 Å². The molecule has 0 bridgehead atoms. The third-order valence-electron chi connectivity index (χ3n) is 6.54. The Morgan fingerprint density at radius 3 is 2.05 bits per heavy atom. The first-order valence-electron chi connectivity index (χ1n) is 12.7. The van der Waals surface area contributed by atoms with Gasteiger partial charge in [-0.05, 0) is 52.9 Å². The fraction of sp³-hybridized carbons (Fsp3) is 0.152. The van der Waals surface area contributed by atoms with E-state index in [1.54, 1.807) is 12.1 Å². The molecule has 0 aliphatic rings. The van der Waals surface area contributed by atoms with Gasteiger partial charge in [0.25, 0.3) is 0 Å². The highest BCUT2D eigenvalue weighted by atomic mass is 19.1. The third-order valence-corrected chi connectivity index (χ3v) is 6.54. The van der Waals surface area contributed by atoms with Crippen LogP contribution in [0.1, 0.15) is 53.6 Å². The lowest BCUT2D eigenvalue weighted by molar-refractivity contribution is 0.0688. The van der Waals surface area contributed by atoms with Crippen LogP contribution in [0.25, 0.3) is 22.9 Å². The molecule has 6 heteroatoms. The van der Waals surface area contributed by atoms with Crippen LogP contribution in [0.3, 0.4) is 0 Å². The SMILES string of the molecule is CC(C)(C)c1ccc(Cn2c(C=C(OC(=O)c3ccccc3F)c3ccccc3F)nc3ccccc32)cc1. The molecule has 0 saturated carbocycles. The van der Waals surface area contributed by atoms with E-state index in [1.807, 2.05) is 28.8 Å². The summed E-state index contributed by atoms with van der Waals surface area (Å²) in [6.45, 7) is 6.99. The van der Waals surface area contributed by atoms with E-state index in [-0.39, 0.29) is 22.3 Å². The highest BCUT2D eigenvalue weighted by Crippen LogP contribution is 2.28. The molecule has 0 fully saturated rings. The van der Waals surface area contributed by atoms with Crippen molar-refractivity contribution >= 4 is 28.8 Å². The number of aromatic nitrogens is 2. The van der Waals surface area contributed by atoms with Gasteiger partial charge in [0.1, 0.15) is 23.2 Å². The second-order valence-electron chi connectivity index (χ2n) is 10.3. The molecule has 0 radical (unpaired) electrons. The van der Waals surface area contributed by atoms with Gasteiger partial charge in [-0.15, -0.1) is 0 Å². The minimum absolute atomic E-state index is 0.0326. The predicted octanol–water partition coefficient (Wildman–Crippen LogP) is 8.02. The molecule has 0 saturated heterocycles. The van der Waals surface area contributed by atoms with Gasteiger partial charge in [0.05, 0.1) is 22.2 Å². The van der Waals surface area contributed by atoms with Crippen LogP contribution in [-0.2, 0) is 16.7 Å². The monoisotopic (exact) mass is 522 g/mol. The van der Waals surface area contributed by atoms with E-state index in [0.29, 0.717) is 12.4 Å². The van der Waals surface area contributed by atoms with Crippen LogP contribution >= 0.6 is 0 Å². The Morgan fingerprint density at radius 1 is 0.821 bits per heavy atom. The van der Waals surface area contributed by atoms with Gasteiger partial charge in [0, 0.05) is 12.6 Å². The summed E-state index contributed by atoms with van der Waals surface area (Å²) in [5.41, 5.74) is 3.74. The summed E-state index contributed by atoms with van der Waals surface area (Å²) in [4.78, 5) is 17.7. The van der Waals surface area contributed by atoms with Crippen molar-refractivity contribution in [2.45, 2.75) is 32.7 Å². The largest absolute Gasteiger partial charge is 0.422 e. The summed E-state index contributed by atoms with van der Waals surface area (Å²) in [7, 11) is 0. The van der Waals surface area contributed by atoms with E-state index in [9.17, 15) is 13.6 Å². The molecule has 0 N–H and O–H groups in total. The normalized spacial score (nSPS) is 12.1. The van der Waals surface area contributed by atoms with E-state index in [2.05, 4.69) is 45.0 Å². The Labute approximate surface area is 226 Å². The summed E-state index contributed by atoms with van der Waals surface area (Å²) in [6, 6.07) is 27.6. The Kier molecular flexibility index (Phi) is 7.11. The summed E-state index contributed by atoms with van der Waals surface area (Å²) in [6.07, 6.45) is 1.53. The summed E-state index contributed by atoms with van der Waals surface area (Å²) in [5, 5.41) is 0. The lowest BCUT2D eigenvalue weighted by Crippen LogP contribution is -2.11. The number of esters is 1. The standard InChI is InChI=1S/C33H28F2N2O2/c1-33(2,3)23-18-16-22(17-19-23)21-37-29-15-9-8-14-28(29)36-31(37)20-30(24-10-4-6-12-26(24)34)39-32(38)25-11-5-7-13-27(25)35/h4-20H,21H2,1-3H3. The van der Waals surface area contributed by atoms with Gasteiger partial charge in [-0.3, -0.25) is 0 Å². The van der Waals surface area contributed by atoms with E-state index in [4.69, 9.17) is 9.72 Å². The number of carbonyl (C=O) groups is 1. The molecule has 4 aromatic carbocycles. The smallest absolute Gasteiger partial charge is 0.346 e. The molecular formula is C33H28F2N2O2. The van der Waals surface area contributed by atoms with Gasteiger partial charge >= 0.3 is 5.97 Å². The Morgan fingerprint density at radius 2 is 1.41 bits per heavy atom. The fourth-order valence-corrected chi connectivity index (χ4v) is 4.39. The van der Waals surface area contributed by atoms with Gasteiger partial charge in [-0.25, -0.2) is 18.6 Å². The molecule has 1 aromatic heterocycles. The molecule has 0 aliphatic carbocycles. The van der Waals surface area contributed by atoms with Gasteiger partial charge in [-0.2, -0.15) is 0 Å². The van der Waals surface area contributed by atoms with Crippen molar-refractivity contribution in [2.75, 3.05) is 0 Å². The van der Waals surface area contributed by atoms with Crippen molar-refractivity contribution in [3.8, 4) is 0 Å². The summed E-state index contributed by atoms with van der Waals surface area (Å²) >= 11 is 0. The molecule has 1 heterocycles. The van der Waals surface area contributed by atoms with Crippen molar-refractivity contribution in [3.63, 3.8) is 0 Å². The molecule has 0 atom stereocenters. The maximum atomic E-state index is 14.9. The van der Waals surface area contributed by atoms with Crippen LogP contribution < -0.4 is 0 Å². The number of nitrogens with zero attached hydrogens (tertiary/aromatic N) is 2. The minimum Gasteiger partial charge on any atom is -0.422 e. The van der Waals surface area contributed by atoms with Gasteiger partial charge in [-0.1, -0.05) is 81.4 Å². The molecule has 0 amide bonds. The number of para-hydroxylation sites is 2. The zero-order chi connectivity index (χ0) is 27.6. The highest BCUT2D eigenvalue weighted by molar-refractivity contribution is 5.95. The number of halogens is 2. The number of carbonyl (C=O) groups excluding carboxylic acids is 1. The van der Waals surface area contributed by atoms with E-state index < -0.39 is 17.6 Å². The average molecular weight is 523 g/mol. The van der Waals surface area contributed by atoms with Crippen LogP contribution in [0.15, 0.2) is 97.1 Å². The molecule has 5 rings (SSSR count). The number of hydrogen-bond acceptors (Lipinski definition) is 3. The van der Waals surface area contributed by atoms with Crippen molar-refractivity contribution in [2.24, 2.45) is 0 Å². The second-order valence-corrected chi connectivity index (χ2v) is 10.3. The molecule has 196 valence electrons. The lowest BCUT2D eigenvalue weighted by atomic mass is 9.87. The molecule has 0 unspecified atom stereocenters.